The Morgan fingerprint density at radius 3 is 1.07 bits per heavy atom. The summed E-state index contributed by atoms with van der Waals surface area (Å²) in [6.45, 7) is 0. The molecule has 0 aliphatic heterocycles. The minimum Gasteiger partial charge on any atom is -0.481 e. The van der Waals surface area contributed by atoms with Gasteiger partial charge in [-0.25, -0.2) is 0 Å². The van der Waals surface area contributed by atoms with Crippen LogP contribution in [0.2, 0.25) is 0 Å². The second-order valence-electron chi connectivity index (χ2n) is 7.02. The molecule has 0 aromatic rings. The average molecular weight is 471 g/mol. The highest BCUT2D eigenvalue weighted by Gasteiger charge is 1.99. The maximum Gasteiger partial charge on any atom is 0.303 e. The Labute approximate surface area is 186 Å². The van der Waals surface area contributed by atoms with Gasteiger partial charge in [0.05, 0.1) is 0 Å². The lowest BCUT2D eigenvalue weighted by molar-refractivity contribution is -0.138. The van der Waals surface area contributed by atoms with E-state index in [2.05, 4.69) is 0 Å². The SMILES string of the molecule is O=C(O)CCCCCCCCCSSSSCCCCCCCCCC(=O)O. The van der Waals surface area contributed by atoms with Crippen molar-refractivity contribution >= 4 is 53.2 Å². The first-order valence-electron chi connectivity index (χ1n) is 10.6. The molecule has 0 aliphatic carbocycles. The lowest BCUT2D eigenvalue weighted by Gasteiger charge is -2.03. The molecule has 0 radical (unpaired) electrons. The predicted octanol–water partition coefficient (Wildman–Crippen LogP) is 8.08. The summed E-state index contributed by atoms with van der Waals surface area (Å²) in [4.78, 5) is 20.8. The zero-order valence-electron chi connectivity index (χ0n) is 17.1. The fourth-order valence-corrected chi connectivity index (χ4v) is 9.01. The number of carbonyl (C=O) groups is 2. The second kappa shape index (κ2) is 23.6. The van der Waals surface area contributed by atoms with Crippen molar-refractivity contribution < 1.29 is 19.8 Å². The quantitative estimate of drug-likeness (QED) is 0.115. The average Bonchev–Trinajstić information content (AvgIpc) is 2.65. The van der Waals surface area contributed by atoms with Crippen molar-refractivity contribution in [1.29, 1.82) is 0 Å². The van der Waals surface area contributed by atoms with E-state index in [1.54, 1.807) is 0 Å². The number of hydrogen-bond acceptors (Lipinski definition) is 6. The molecular formula is C20H38O4S4. The number of aliphatic carboxylic acids is 2. The van der Waals surface area contributed by atoms with E-state index in [-0.39, 0.29) is 0 Å². The van der Waals surface area contributed by atoms with Crippen LogP contribution < -0.4 is 0 Å². The molecular weight excluding hydrogens is 432 g/mol. The number of hydrogen-bond donors (Lipinski definition) is 2. The summed E-state index contributed by atoms with van der Waals surface area (Å²) >= 11 is 0. The molecule has 0 aromatic carbocycles. The van der Waals surface area contributed by atoms with E-state index in [0.29, 0.717) is 12.8 Å². The summed E-state index contributed by atoms with van der Waals surface area (Å²) in [7, 11) is 7.73. The lowest BCUT2D eigenvalue weighted by atomic mass is 10.1. The van der Waals surface area contributed by atoms with Crippen LogP contribution in [0.5, 0.6) is 0 Å². The number of carboxylic acids is 2. The summed E-state index contributed by atoms with van der Waals surface area (Å²) in [6.07, 6.45) is 16.9. The summed E-state index contributed by atoms with van der Waals surface area (Å²) in [6, 6.07) is 0. The molecule has 0 fully saturated rings. The molecule has 0 atom stereocenters. The Morgan fingerprint density at radius 1 is 0.464 bits per heavy atom. The van der Waals surface area contributed by atoms with Gasteiger partial charge in [0, 0.05) is 24.3 Å². The Kier molecular flexibility index (Phi) is 23.9. The standard InChI is InChI=1S/C20H38O4S4/c21-19(22)15-11-7-3-1-5-9-13-17-25-27-28-26-18-14-10-6-2-4-8-12-16-20(23)24/h1-18H2,(H,21,22)(H,23,24). The Bertz CT molecular complexity index is 336. The topological polar surface area (TPSA) is 74.6 Å². The van der Waals surface area contributed by atoms with Crippen LogP contribution in [0, 0.1) is 0 Å². The number of rotatable bonds is 23. The van der Waals surface area contributed by atoms with Gasteiger partial charge in [-0.3, -0.25) is 9.59 Å². The maximum absolute atomic E-state index is 10.4. The van der Waals surface area contributed by atoms with Crippen LogP contribution in [0.15, 0.2) is 0 Å². The van der Waals surface area contributed by atoms with E-state index in [4.69, 9.17) is 10.2 Å². The van der Waals surface area contributed by atoms with Gasteiger partial charge in [0.25, 0.3) is 0 Å². The third-order valence-electron chi connectivity index (χ3n) is 4.36. The first kappa shape index (κ1) is 28.3. The van der Waals surface area contributed by atoms with Crippen molar-refractivity contribution in [3.8, 4) is 0 Å². The van der Waals surface area contributed by atoms with Crippen LogP contribution >= 0.6 is 41.2 Å². The Balaban J connectivity index is 3.01. The first-order chi connectivity index (χ1) is 13.6. The molecule has 0 aliphatic rings. The molecule has 0 rings (SSSR count). The maximum atomic E-state index is 10.4. The zero-order valence-corrected chi connectivity index (χ0v) is 20.3. The molecule has 0 amide bonds. The minimum absolute atomic E-state index is 0.319. The molecule has 4 nitrogen and oxygen atoms in total. The van der Waals surface area contributed by atoms with Gasteiger partial charge in [0.15, 0.2) is 0 Å². The van der Waals surface area contributed by atoms with Gasteiger partial charge in [-0.2, -0.15) is 0 Å². The molecule has 8 heteroatoms. The Hall–Kier alpha value is 0.340. The minimum atomic E-state index is -0.674. The van der Waals surface area contributed by atoms with E-state index >= 15 is 0 Å². The lowest BCUT2D eigenvalue weighted by Crippen LogP contribution is -1.93. The van der Waals surface area contributed by atoms with Gasteiger partial charge in [-0.15, -0.1) is 0 Å². The molecule has 0 spiro atoms. The van der Waals surface area contributed by atoms with Gasteiger partial charge in [0.2, 0.25) is 0 Å². The summed E-state index contributed by atoms with van der Waals surface area (Å²) in [5.41, 5.74) is 0. The first-order valence-corrected chi connectivity index (χ1v) is 15.8. The zero-order chi connectivity index (χ0) is 20.7. The third kappa shape index (κ3) is 26.3. The highest BCUT2D eigenvalue weighted by atomic mass is 33.7. The fraction of sp³-hybridized carbons (Fsp3) is 0.900. The van der Waals surface area contributed by atoms with Crippen molar-refractivity contribution in [3.63, 3.8) is 0 Å². The monoisotopic (exact) mass is 470 g/mol. The highest BCUT2D eigenvalue weighted by molar-refractivity contribution is 9.26. The van der Waals surface area contributed by atoms with Crippen LogP contribution in [-0.4, -0.2) is 33.7 Å². The van der Waals surface area contributed by atoms with Crippen molar-refractivity contribution in [2.24, 2.45) is 0 Å². The molecule has 2 N–H and O–H groups in total. The molecule has 0 aromatic heterocycles. The summed E-state index contributed by atoms with van der Waals surface area (Å²) in [5.74, 6) is 1.10. The normalized spacial score (nSPS) is 11.0. The van der Waals surface area contributed by atoms with E-state index < -0.39 is 11.9 Å². The molecule has 28 heavy (non-hydrogen) atoms. The van der Waals surface area contributed by atoms with Gasteiger partial charge < -0.3 is 10.2 Å². The number of carboxylic acid groups (broad SMARTS) is 2. The smallest absolute Gasteiger partial charge is 0.303 e. The van der Waals surface area contributed by atoms with Gasteiger partial charge in [-0.1, -0.05) is 85.8 Å². The van der Waals surface area contributed by atoms with E-state index in [9.17, 15) is 9.59 Å². The van der Waals surface area contributed by atoms with Gasteiger partial charge >= 0.3 is 11.9 Å². The van der Waals surface area contributed by atoms with Crippen molar-refractivity contribution in [2.45, 2.75) is 103 Å². The molecule has 166 valence electrons. The largest absolute Gasteiger partial charge is 0.481 e. The van der Waals surface area contributed by atoms with E-state index in [1.807, 2.05) is 41.2 Å². The fourth-order valence-electron chi connectivity index (χ4n) is 2.75. The molecule has 0 unspecified atom stereocenters. The van der Waals surface area contributed by atoms with Crippen molar-refractivity contribution in [3.05, 3.63) is 0 Å². The summed E-state index contributed by atoms with van der Waals surface area (Å²) in [5, 5.41) is 17.1. The van der Waals surface area contributed by atoms with Crippen LogP contribution in [-0.2, 0) is 9.59 Å². The van der Waals surface area contributed by atoms with Crippen LogP contribution in [0.3, 0.4) is 0 Å². The molecule has 0 bridgehead atoms. The van der Waals surface area contributed by atoms with E-state index in [0.717, 1.165) is 25.7 Å². The molecule has 0 heterocycles. The predicted molar refractivity (Wildman–Crippen MR) is 129 cm³/mol. The van der Waals surface area contributed by atoms with Crippen molar-refractivity contribution in [2.75, 3.05) is 11.5 Å². The Morgan fingerprint density at radius 2 is 0.750 bits per heavy atom. The van der Waals surface area contributed by atoms with E-state index in [1.165, 1.54) is 75.7 Å². The van der Waals surface area contributed by atoms with Gasteiger partial charge in [-0.05, 0) is 45.3 Å². The highest BCUT2D eigenvalue weighted by Crippen LogP contribution is 2.43. The van der Waals surface area contributed by atoms with Crippen LogP contribution in [0.4, 0.5) is 0 Å². The van der Waals surface area contributed by atoms with Crippen LogP contribution in [0.1, 0.15) is 103 Å². The van der Waals surface area contributed by atoms with Gasteiger partial charge in [0.1, 0.15) is 0 Å². The summed E-state index contributed by atoms with van der Waals surface area (Å²) < 4.78 is 0. The number of unbranched alkanes of at least 4 members (excludes halogenated alkanes) is 12. The molecule has 0 saturated heterocycles. The second-order valence-corrected chi connectivity index (χ2v) is 13.3. The third-order valence-corrected chi connectivity index (χ3v) is 11.0. The van der Waals surface area contributed by atoms with Crippen molar-refractivity contribution in [1.82, 2.24) is 0 Å². The van der Waals surface area contributed by atoms with Crippen LogP contribution in [0.25, 0.3) is 0 Å². The molecule has 0 saturated carbocycles.